The molecule has 0 saturated carbocycles. The topological polar surface area (TPSA) is 79.7 Å². The van der Waals surface area contributed by atoms with Crippen LogP contribution in [0, 0.1) is 5.82 Å². The Balaban J connectivity index is 0.000000337. The second-order valence-electron chi connectivity index (χ2n) is 8.57. The van der Waals surface area contributed by atoms with Gasteiger partial charge in [0.15, 0.2) is 0 Å². The Kier molecular flexibility index (Phi) is 13.5. The van der Waals surface area contributed by atoms with Crippen LogP contribution >= 0.6 is 0 Å². The van der Waals surface area contributed by atoms with Gasteiger partial charge in [-0.1, -0.05) is 26.0 Å². The lowest BCUT2D eigenvalue weighted by Crippen LogP contribution is -2.48. The molecule has 2 heterocycles. The Hall–Kier alpha value is -2.94. The summed E-state index contributed by atoms with van der Waals surface area (Å²) in [4.78, 5) is 29.9. The highest BCUT2D eigenvalue weighted by molar-refractivity contribution is 5.68. The van der Waals surface area contributed by atoms with Gasteiger partial charge in [0.1, 0.15) is 11.4 Å². The first-order valence-electron chi connectivity index (χ1n) is 11.8. The molecule has 8 nitrogen and oxygen atoms in total. The maximum Gasteiger partial charge on any atom is 0.410 e. The first kappa shape index (κ1) is 29.1. The van der Waals surface area contributed by atoms with Crippen LogP contribution in [-0.4, -0.2) is 70.2 Å². The molecule has 1 aromatic carbocycles. The maximum absolute atomic E-state index is 12.8. The van der Waals surface area contributed by atoms with Gasteiger partial charge < -0.3 is 24.4 Å². The van der Waals surface area contributed by atoms with Crippen molar-refractivity contribution in [1.29, 1.82) is 0 Å². The summed E-state index contributed by atoms with van der Waals surface area (Å²) >= 11 is 0. The van der Waals surface area contributed by atoms with E-state index in [-0.39, 0.29) is 17.5 Å². The molecule has 3 rings (SSSR count). The standard InChI is InChI=1S/C14H16FN3O.C9H18N2O2.C2H6/c15-14-4-2-13(3-5-14)10-18(12-19)8-1-7-17-9-6-16-11-17;1-9(2,3)13-8(12)11-6-4-10-5-7-11;1-2/h2-6,9,11-12H,1,7-8,10H2;10H,4-7H2,1-3H3;1-2H3. The Morgan fingerprint density at radius 2 is 1.85 bits per heavy atom. The van der Waals surface area contributed by atoms with Crippen molar-refractivity contribution in [2.75, 3.05) is 32.7 Å². The van der Waals surface area contributed by atoms with Crippen molar-refractivity contribution in [3.05, 3.63) is 54.4 Å². The number of ether oxygens (including phenoxy) is 1. The zero-order chi connectivity index (χ0) is 25.4. The summed E-state index contributed by atoms with van der Waals surface area (Å²) in [6.45, 7) is 14.9. The van der Waals surface area contributed by atoms with Crippen molar-refractivity contribution in [3.8, 4) is 0 Å². The van der Waals surface area contributed by atoms with Gasteiger partial charge in [0.25, 0.3) is 0 Å². The third-order valence-electron chi connectivity index (χ3n) is 4.64. The zero-order valence-electron chi connectivity index (χ0n) is 21.2. The molecule has 1 N–H and O–H groups in total. The lowest BCUT2D eigenvalue weighted by Gasteiger charge is -2.30. The number of carbonyl (C=O) groups is 2. The van der Waals surface area contributed by atoms with E-state index < -0.39 is 0 Å². The van der Waals surface area contributed by atoms with E-state index >= 15 is 0 Å². The quantitative estimate of drug-likeness (QED) is 0.612. The van der Waals surface area contributed by atoms with Crippen molar-refractivity contribution in [2.45, 2.75) is 59.7 Å². The van der Waals surface area contributed by atoms with Crippen LogP contribution in [0.1, 0.15) is 46.6 Å². The van der Waals surface area contributed by atoms with E-state index in [4.69, 9.17) is 4.74 Å². The average Bonchev–Trinajstić information content (AvgIpc) is 3.34. The van der Waals surface area contributed by atoms with Gasteiger partial charge in [-0.15, -0.1) is 0 Å². The fraction of sp³-hybridized carbons (Fsp3) is 0.560. The van der Waals surface area contributed by atoms with E-state index in [2.05, 4.69) is 10.3 Å². The molecule has 0 unspecified atom stereocenters. The molecule has 0 bridgehead atoms. The molecule has 34 heavy (non-hydrogen) atoms. The molecule has 1 aliphatic heterocycles. The summed E-state index contributed by atoms with van der Waals surface area (Å²) in [5.41, 5.74) is 0.540. The fourth-order valence-corrected chi connectivity index (χ4v) is 3.04. The van der Waals surface area contributed by atoms with Gasteiger partial charge >= 0.3 is 6.09 Å². The first-order chi connectivity index (χ1) is 16.3. The first-order valence-corrected chi connectivity index (χ1v) is 11.8. The molecular weight excluding hydrogens is 437 g/mol. The van der Waals surface area contributed by atoms with Crippen LogP contribution in [0.5, 0.6) is 0 Å². The monoisotopic (exact) mass is 477 g/mol. The average molecular weight is 478 g/mol. The van der Waals surface area contributed by atoms with Crippen molar-refractivity contribution >= 4 is 12.5 Å². The molecule has 0 aliphatic carbocycles. The molecule has 2 aromatic rings. The summed E-state index contributed by atoms with van der Waals surface area (Å²) in [6.07, 6.45) is 6.87. The predicted molar refractivity (Wildman–Crippen MR) is 132 cm³/mol. The highest BCUT2D eigenvalue weighted by Gasteiger charge is 2.22. The van der Waals surface area contributed by atoms with Crippen LogP contribution < -0.4 is 5.32 Å². The molecular formula is C25H40FN5O3. The minimum atomic E-state index is -0.387. The normalized spacial score (nSPS) is 13.1. The number of amides is 2. The molecule has 190 valence electrons. The number of aryl methyl sites for hydroxylation is 1. The van der Waals surface area contributed by atoms with Gasteiger partial charge in [-0.2, -0.15) is 0 Å². The van der Waals surface area contributed by atoms with Gasteiger partial charge in [0.05, 0.1) is 6.33 Å². The van der Waals surface area contributed by atoms with Gasteiger partial charge in [-0.05, 0) is 44.9 Å². The molecule has 1 fully saturated rings. The molecule has 1 aliphatic rings. The van der Waals surface area contributed by atoms with Crippen LogP contribution in [0.15, 0.2) is 43.0 Å². The lowest BCUT2D eigenvalue weighted by molar-refractivity contribution is -0.118. The number of aromatic nitrogens is 2. The van der Waals surface area contributed by atoms with Crippen molar-refractivity contribution in [2.24, 2.45) is 0 Å². The second-order valence-corrected chi connectivity index (χ2v) is 8.57. The molecule has 2 amide bonds. The lowest BCUT2D eigenvalue weighted by atomic mass is 10.2. The van der Waals surface area contributed by atoms with Crippen LogP contribution in [0.25, 0.3) is 0 Å². The summed E-state index contributed by atoms with van der Waals surface area (Å²) in [6, 6.07) is 6.21. The summed E-state index contributed by atoms with van der Waals surface area (Å²) in [5, 5.41) is 3.18. The number of halogens is 1. The predicted octanol–water partition coefficient (Wildman–Crippen LogP) is 3.92. The van der Waals surface area contributed by atoms with Crippen LogP contribution in [-0.2, 0) is 22.6 Å². The Morgan fingerprint density at radius 3 is 2.38 bits per heavy atom. The highest BCUT2D eigenvalue weighted by atomic mass is 19.1. The molecule has 0 atom stereocenters. The van der Waals surface area contributed by atoms with E-state index in [1.807, 2.05) is 45.4 Å². The number of benzene rings is 1. The number of hydrogen-bond donors (Lipinski definition) is 1. The van der Waals surface area contributed by atoms with Gasteiger partial charge in [-0.3, -0.25) is 4.79 Å². The number of nitrogens with one attached hydrogen (secondary N) is 1. The van der Waals surface area contributed by atoms with E-state index in [0.717, 1.165) is 51.1 Å². The van der Waals surface area contributed by atoms with E-state index in [1.54, 1.807) is 34.5 Å². The number of imidazole rings is 1. The Morgan fingerprint density at radius 1 is 1.21 bits per heavy atom. The molecule has 1 aromatic heterocycles. The summed E-state index contributed by atoms with van der Waals surface area (Å²) < 4.78 is 20.0. The fourth-order valence-electron chi connectivity index (χ4n) is 3.04. The number of rotatable bonds is 7. The molecule has 0 spiro atoms. The number of piperazine rings is 1. The summed E-state index contributed by atoms with van der Waals surface area (Å²) in [5.74, 6) is -0.262. The van der Waals surface area contributed by atoms with Crippen molar-refractivity contribution < 1.29 is 18.7 Å². The smallest absolute Gasteiger partial charge is 0.410 e. The number of carbonyl (C=O) groups excluding carboxylic acids is 2. The van der Waals surface area contributed by atoms with Gasteiger partial charge in [-0.25, -0.2) is 14.2 Å². The van der Waals surface area contributed by atoms with Crippen molar-refractivity contribution in [1.82, 2.24) is 24.7 Å². The third-order valence-corrected chi connectivity index (χ3v) is 4.64. The second kappa shape index (κ2) is 15.8. The largest absolute Gasteiger partial charge is 0.444 e. The van der Waals surface area contributed by atoms with Gasteiger partial charge in [0, 0.05) is 58.2 Å². The minimum Gasteiger partial charge on any atom is -0.444 e. The molecule has 1 saturated heterocycles. The minimum absolute atomic E-state index is 0.200. The SMILES string of the molecule is CC.CC(C)(C)OC(=O)N1CCNCC1.O=CN(CCCn1ccnc1)Cc1ccc(F)cc1. The summed E-state index contributed by atoms with van der Waals surface area (Å²) in [7, 11) is 0. The van der Waals surface area contributed by atoms with Crippen LogP contribution in [0.3, 0.4) is 0 Å². The number of nitrogens with zero attached hydrogens (tertiary/aromatic N) is 4. The van der Waals surface area contributed by atoms with E-state index in [0.29, 0.717) is 13.1 Å². The van der Waals surface area contributed by atoms with E-state index in [1.165, 1.54) is 12.1 Å². The highest BCUT2D eigenvalue weighted by Crippen LogP contribution is 2.10. The third kappa shape index (κ3) is 12.3. The number of hydrogen-bond acceptors (Lipinski definition) is 5. The van der Waals surface area contributed by atoms with E-state index in [9.17, 15) is 14.0 Å². The van der Waals surface area contributed by atoms with Gasteiger partial charge in [0.2, 0.25) is 6.41 Å². The van der Waals surface area contributed by atoms with Crippen LogP contribution in [0.2, 0.25) is 0 Å². The maximum atomic E-state index is 12.8. The van der Waals surface area contributed by atoms with Crippen molar-refractivity contribution in [3.63, 3.8) is 0 Å². The Labute approximate surface area is 203 Å². The van der Waals surface area contributed by atoms with Crippen LogP contribution in [0.4, 0.5) is 9.18 Å². The molecule has 0 radical (unpaired) electrons. The molecule has 9 heteroatoms. The Bertz CT molecular complexity index is 801. The zero-order valence-corrected chi connectivity index (χ0v) is 21.2.